The molecule has 3 saturated heterocycles. The Hall–Kier alpha value is -2.59. The lowest BCUT2D eigenvalue weighted by atomic mass is 9.87. The van der Waals surface area contributed by atoms with Gasteiger partial charge in [-0.05, 0) is 48.2 Å². The summed E-state index contributed by atoms with van der Waals surface area (Å²) in [7, 11) is 0. The molecule has 0 aliphatic carbocycles. The van der Waals surface area contributed by atoms with E-state index in [0.29, 0.717) is 5.56 Å². The fraction of sp³-hybridized carbons (Fsp3) is 0.286. The number of carbonyl (C=O) groups excluding carboxylic acids is 1. The minimum absolute atomic E-state index is 0.405. The fourth-order valence-electron chi connectivity index (χ4n) is 4.19. The van der Waals surface area contributed by atoms with E-state index < -0.39 is 5.91 Å². The number of carbonyl (C=O) groups is 1. The highest BCUT2D eigenvalue weighted by Gasteiger charge is 2.52. The van der Waals surface area contributed by atoms with Gasteiger partial charge in [-0.2, -0.15) is 0 Å². The molecule has 1 amide bonds. The van der Waals surface area contributed by atoms with Crippen molar-refractivity contribution in [3.05, 3.63) is 71.3 Å². The van der Waals surface area contributed by atoms with Crippen LogP contribution in [-0.4, -0.2) is 30.0 Å². The number of rotatable bonds is 2. The van der Waals surface area contributed by atoms with Crippen molar-refractivity contribution in [2.75, 3.05) is 18.1 Å². The number of hydrogen-bond acceptors (Lipinski definition) is 3. The number of nitrogens with zero attached hydrogens (tertiary/aromatic N) is 2. The van der Waals surface area contributed by atoms with Gasteiger partial charge in [0.1, 0.15) is 0 Å². The minimum atomic E-state index is -0.405. The van der Waals surface area contributed by atoms with Crippen LogP contribution in [-0.2, 0) is 0 Å². The summed E-state index contributed by atoms with van der Waals surface area (Å²) in [6, 6.07) is 15.0. The molecule has 128 valence electrons. The molecule has 4 aliphatic rings. The Morgan fingerprint density at radius 3 is 2.80 bits per heavy atom. The van der Waals surface area contributed by atoms with Crippen LogP contribution in [0.3, 0.4) is 0 Å². The molecule has 4 heterocycles. The number of para-hydroxylation sites is 1. The van der Waals surface area contributed by atoms with E-state index in [4.69, 9.17) is 5.73 Å². The summed E-state index contributed by atoms with van der Waals surface area (Å²) in [6.45, 7) is 8.15. The first-order valence-electron chi connectivity index (χ1n) is 8.76. The van der Waals surface area contributed by atoms with Crippen molar-refractivity contribution in [2.24, 2.45) is 5.73 Å². The Labute approximate surface area is 148 Å². The Balaban J connectivity index is 0.000000126. The van der Waals surface area contributed by atoms with E-state index in [2.05, 4.69) is 40.9 Å². The number of fused-ring (bicyclic) bond motifs is 2. The Morgan fingerprint density at radius 1 is 1.28 bits per heavy atom. The summed E-state index contributed by atoms with van der Waals surface area (Å²) in [4.78, 5) is 10.8. The lowest BCUT2D eigenvalue weighted by Gasteiger charge is -2.54. The second-order valence-electron chi connectivity index (χ2n) is 6.92. The lowest BCUT2D eigenvalue weighted by molar-refractivity contribution is 0.0624. The smallest absolute Gasteiger partial charge is 0.248 e. The maximum Gasteiger partial charge on any atom is 0.248 e. The topological polar surface area (TPSA) is 49.6 Å². The quantitative estimate of drug-likeness (QED) is 0.917. The van der Waals surface area contributed by atoms with Gasteiger partial charge in [0.2, 0.25) is 5.91 Å². The van der Waals surface area contributed by atoms with Crippen molar-refractivity contribution < 1.29 is 4.79 Å². The third kappa shape index (κ3) is 2.53. The molecule has 4 aliphatic heterocycles. The van der Waals surface area contributed by atoms with Gasteiger partial charge in [0.25, 0.3) is 0 Å². The number of aryl methyl sites for hydroxylation is 1. The monoisotopic (exact) mass is 333 g/mol. The van der Waals surface area contributed by atoms with Crippen LogP contribution in [0.15, 0.2) is 49.0 Å². The number of primary amides is 1. The van der Waals surface area contributed by atoms with Gasteiger partial charge in [-0.25, -0.2) is 5.01 Å². The average Bonchev–Trinajstić information content (AvgIpc) is 2.78. The number of benzene rings is 2. The van der Waals surface area contributed by atoms with Gasteiger partial charge in [-0.15, -0.1) is 0 Å². The van der Waals surface area contributed by atoms with Gasteiger partial charge >= 0.3 is 0 Å². The molecular weight excluding hydrogens is 310 g/mol. The molecule has 4 bridgehead atoms. The van der Waals surface area contributed by atoms with E-state index in [0.717, 1.165) is 23.1 Å². The maximum absolute atomic E-state index is 10.8. The standard InChI is InChI=1S/C11H12N2.C10H11NO/c1-2-4-10-8(3-1)9-5-6-12-7-11(9)13(10)12;1-3-8-6-9(10(11)12)5-4-7(8)2/h1-4,9,11H,5-7H2;3-6H,1H2,2H3,(H2,11,12). The van der Waals surface area contributed by atoms with Crippen LogP contribution in [0.2, 0.25) is 0 Å². The molecule has 0 aromatic heterocycles. The van der Waals surface area contributed by atoms with Crippen LogP contribution in [0.4, 0.5) is 5.69 Å². The lowest BCUT2D eigenvalue weighted by Crippen LogP contribution is -2.67. The number of anilines is 1. The number of piperidine rings is 1. The Kier molecular flexibility index (Phi) is 3.85. The second kappa shape index (κ2) is 6.05. The van der Waals surface area contributed by atoms with Crippen molar-refractivity contribution in [3.8, 4) is 0 Å². The predicted octanol–water partition coefficient (Wildman–Crippen LogP) is 3.33. The van der Waals surface area contributed by atoms with E-state index >= 15 is 0 Å². The zero-order valence-electron chi connectivity index (χ0n) is 14.5. The molecular formula is C21H23N3O. The highest BCUT2D eigenvalue weighted by atomic mass is 16.1. The molecule has 0 saturated carbocycles. The average molecular weight is 333 g/mol. The number of amides is 1. The fourth-order valence-corrected chi connectivity index (χ4v) is 4.19. The summed E-state index contributed by atoms with van der Waals surface area (Å²) in [6.07, 6.45) is 3.07. The van der Waals surface area contributed by atoms with Gasteiger partial charge in [-0.3, -0.25) is 4.79 Å². The summed E-state index contributed by atoms with van der Waals surface area (Å²) in [5.41, 5.74) is 10.7. The van der Waals surface area contributed by atoms with E-state index in [9.17, 15) is 4.79 Å². The van der Waals surface area contributed by atoms with Crippen molar-refractivity contribution in [2.45, 2.75) is 25.3 Å². The number of hydrogen-bond donors (Lipinski definition) is 1. The van der Waals surface area contributed by atoms with Crippen LogP contribution < -0.4 is 10.7 Å². The van der Waals surface area contributed by atoms with Crippen LogP contribution in [0.25, 0.3) is 6.08 Å². The summed E-state index contributed by atoms with van der Waals surface area (Å²) in [5.74, 6) is 0.430. The highest BCUT2D eigenvalue weighted by Crippen LogP contribution is 2.51. The molecule has 25 heavy (non-hydrogen) atoms. The molecule has 2 N–H and O–H groups in total. The molecule has 4 heteroatoms. The van der Waals surface area contributed by atoms with Gasteiger partial charge in [0.05, 0.1) is 11.7 Å². The van der Waals surface area contributed by atoms with Crippen LogP contribution >= 0.6 is 0 Å². The zero-order valence-corrected chi connectivity index (χ0v) is 14.5. The molecule has 2 aromatic rings. The molecule has 0 radical (unpaired) electrons. The molecule has 3 atom stereocenters. The van der Waals surface area contributed by atoms with E-state index in [-0.39, 0.29) is 0 Å². The summed E-state index contributed by atoms with van der Waals surface area (Å²) < 4.78 is 0. The molecule has 4 nitrogen and oxygen atoms in total. The van der Waals surface area contributed by atoms with Crippen molar-refractivity contribution >= 4 is 17.7 Å². The van der Waals surface area contributed by atoms with E-state index in [1.54, 1.807) is 23.8 Å². The third-order valence-corrected chi connectivity index (χ3v) is 5.55. The van der Waals surface area contributed by atoms with E-state index in [1.807, 2.05) is 13.0 Å². The molecule has 0 spiro atoms. The third-order valence-electron chi connectivity index (χ3n) is 5.55. The van der Waals surface area contributed by atoms with Gasteiger partial charge < -0.3 is 10.7 Å². The van der Waals surface area contributed by atoms with Gasteiger partial charge in [-0.1, -0.05) is 36.9 Å². The Morgan fingerprint density at radius 2 is 2.08 bits per heavy atom. The van der Waals surface area contributed by atoms with Crippen molar-refractivity contribution in [1.29, 1.82) is 0 Å². The first-order valence-corrected chi connectivity index (χ1v) is 8.76. The van der Waals surface area contributed by atoms with Crippen molar-refractivity contribution in [3.63, 3.8) is 0 Å². The first kappa shape index (κ1) is 15.9. The highest BCUT2D eigenvalue weighted by molar-refractivity contribution is 5.93. The van der Waals surface area contributed by atoms with Gasteiger partial charge in [0, 0.05) is 24.6 Å². The largest absolute Gasteiger partial charge is 0.366 e. The van der Waals surface area contributed by atoms with Crippen LogP contribution in [0.5, 0.6) is 0 Å². The molecule has 3 unspecified atom stereocenters. The van der Waals surface area contributed by atoms with Crippen LogP contribution in [0.1, 0.15) is 39.4 Å². The predicted molar refractivity (Wildman–Crippen MR) is 101 cm³/mol. The van der Waals surface area contributed by atoms with E-state index in [1.165, 1.54) is 25.2 Å². The molecule has 6 rings (SSSR count). The SMILES string of the molecule is C=Cc1cc(C(N)=O)ccc1C.c1ccc2c(c1)C1CCN3CC1N23. The van der Waals surface area contributed by atoms with Gasteiger partial charge in [0.15, 0.2) is 0 Å². The molecule has 2 aromatic carbocycles. The zero-order chi connectivity index (χ0) is 17.6. The first-order chi connectivity index (χ1) is 12.1. The Bertz CT molecular complexity index is 818. The normalized spacial score (nSPS) is 24.5. The summed E-state index contributed by atoms with van der Waals surface area (Å²) in [5, 5.41) is 4.98. The maximum atomic E-state index is 10.8. The molecule has 3 fully saturated rings. The summed E-state index contributed by atoms with van der Waals surface area (Å²) >= 11 is 0. The van der Waals surface area contributed by atoms with Crippen molar-refractivity contribution in [1.82, 2.24) is 5.01 Å². The second-order valence-corrected chi connectivity index (χ2v) is 6.92. The van der Waals surface area contributed by atoms with Crippen LogP contribution in [0, 0.1) is 6.92 Å². The minimum Gasteiger partial charge on any atom is -0.366 e. The number of hydrazine groups is 1. The number of nitrogens with two attached hydrogens (primary N) is 1.